The standard InChI is InChI=1S/C44H69NO12/c1-10-13-31-19-25(2)18-26(3)20-37(54-8)40-38(55-9)22-28(5)44(52,57-40)41(49)42(50)45-17-12-11-14-32(45)43(51)56-39(29(6)34(47)24-35(31)48)27(4)21-30-15-16-33(46)36(23-30)53-7/h10,19,21,26,28-34,36-40,46-47,52H,1,11-18,20,22-24H2,2-9H3/b25-19+,27-21+/t26-,28-,29+,30-,31+,32+,33-,34+,36+,37-,38+,39+,40+,44+/m0/s1. The quantitative estimate of drug-likeness (QED) is 0.185. The Morgan fingerprint density at radius 3 is 2.25 bits per heavy atom. The van der Waals surface area contributed by atoms with Gasteiger partial charge in [-0.2, -0.15) is 0 Å². The molecule has 4 rings (SSSR count). The van der Waals surface area contributed by atoms with Crippen molar-refractivity contribution in [1.29, 1.82) is 0 Å². The second-order valence-corrected chi connectivity index (χ2v) is 17.3. The van der Waals surface area contributed by atoms with Crippen molar-refractivity contribution in [3.63, 3.8) is 0 Å². The molecule has 0 aromatic carbocycles. The average Bonchev–Trinajstić information content (AvgIpc) is 3.18. The van der Waals surface area contributed by atoms with E-state index in [9.17, 15) is 34.5 Å². The minimum atomic E-state index is -2.51. The van der Waals surface area contributed by atoms with Gasteiger partial charge in [0.25, 0.3) is 11.7 Å². The van der Waals surface area contributed by atoms with Crippen molar-refractivity contribution < 1.29 is 58.2 Å². The molecule has 57 heavy (non-hydrogen) atoms. The molecular formula is C44H69NO12. The maximum atomic E-state index is 14.3. The highest BCUT2D eigenvalue weighted by Crippen LogP contribution is 2.39. The van der Waals surface area contributed by atoms with E-state index in [-0.39, 0.29) is 49.5 Å². The lowest BCUT2D eigenvalue weighted by atomic mass is 9.81. The summed E-state index contributed by atoms with van der Waals surface area (Å²) < 4.78 is 29.7. The zero-order chi connectivity index (χ0) is 42.2. The summed E-state index contributed by atoms with van der Waals surface area (Å²) >= 11 is 0. The number of aliphatic hydroxyl groups excluding tert-OH is 2. The first-order chi connectivity index (χ1) is 27.0. The number of piperidine rings is 1. The SMILES string of the molecule is C=CC[C@@H]1/C=C(\C)C[C@H](C)C[C@H](OC)[C@H]2O[C@@](O)(C(=O)C(=O)N3CCCC[C@@H]3C(=O)O[C@H](/C(C)=C/[C@@H]3CC[C@H](O)[C@H](OC)C3)[C@H](C)[C@H](O)CC1=O)[C@@H](C)C[C@H]2OC. The molecule has 0 radical (unpaired) electrons. The molecule has 2 saturated heterocycles. The summed E-state index contributed by atoms with van der Waals surface area (Å²) in [5, 5.41) is 34.1. The Bertz CT molecular complexity index is 1480. The van der Waals surface area contributed by atoms with Crippen molar-refractivity contribution in [2.75, 3.05) is 27.9 Å². The van der Waals surface area contributed by atoms with Gasteiger partial charge in [0.2, 0.25) is 5.79 Å². The number of rotatable bonds is 7. The lowest BCUT2D eigenvalue weighted by Crippen LogP contribution is -2.64. The molecule has 1 amide bonds. The molecule has 13 heteroatoms. The summed E-state index contributed by atoms with van der Waals surface area (Å²) in [7, 11) is 4.61. The Morgan fingerprint density at radius 1 is 0.930 bits per heavy atom. The topological polar surface area (TPSA) is 178 Å². The number of carbonyl (C=O) groups is 4. The number of Topliss-reactive ketones (excluding diaryl/α,β-unsaturated/α-hetero) is 2. The van der Waals surface area contributed by atoms with Crippen LogP contribution in [0, 0.1) is 29.6 Å². The van der Waals surface area contributed by atoms with Crippen LogP contribution in [-0.2, 0) is 42.9 Å². The van der Waals surface area contributed by atoms with E-state index in [0.717, 1.165) is 5.57 Å². The number of amides is 1. The van der Waals surface area contributed by atoms with E-state index in [2.05, 4.69) is 6.58 Å². The van der Waals surface area contributed by atoms with Gasteiger partial charge in [-0.3, -0.25) is 14.4 Å². The van der Waals surface area contributed by atoms with Gasteiger partial charge < -0.3 is 43.9 Å². The number of hydrogen-bond acceptors (Lipinski definition) is 12. The van der Waals surface area contributed by atoms with Crippen LogP contribution < -0.4 is 0 Å². The molecule has 1 saturated carbocycles. The number of cyclic esters (lactones) is 1. The van der Waals surface area contributed by atoms with Crippen LogP contribution in [0.5, 0.6) is 0 Å². The van der Waals surface area contributed by atoms with Crippen LogP contribution in [0.4, 0.5) is 0 Å². The lowest BCUT2D eigenvalue weighted by Gasteiger charge is -2.47. The van der Waals surface area contributed by atoms with E-state index in [0.29, 0.717) is 56.9 Å². The highest BCUT2D eigenvalue weighted by molar-refractivity contribution is 6.39. The number of esters is 1. The molecule has 3 heterocycles. The highest BCUT2D eigenvalue weighted by Gasteiger charge is 2.56. The summed E-state index contributed by atoms with van der Waals surface area (Å²) in [6.45, 7) is 13.1. The molecule has 0 spiro atoms. The molecule has 13 nitrogen and oxygen atoms in total. The fraction of sp³-hybridized carbons (Fsp3) is 0.773. The maximum Gasteiger partial charge on any atom is 0.329 e. The van der Waals surface area contributed by atoms with Crippen LogP contribution >= 0.6 is 0 Å². The first-order valence-electron chi connectivity index (χ1n) is 20.9. The van der Waals surface area contributed by atoms with Crippen LogP contribution in [0.1, 0.15) is 105 Å². The molecule has 2 bridgehead atoms. The number of ether oxygens (including phenoxy) is 5. The van der Waals surface area contributed by atoms with Crippen molar-refractivity contribution in [3.8, 4) is 0 Å². The molecule has 1 aliphatic carbocycles. The average molecular weight is 804 g/mol. The predicted octanol–water partition coefficient (Wildman–Crippen LogP) is 4.64. The third kappa shape index (κ3) is 11.3. The molecule has 0 aromatic heterocycles. The molecule has 3 fully saturated rings. The Hall–Kier alpha value is -2.78. The lowest BCUT2D eigenvalue weighted by molar-refractivity contribution is -0.302. The van der Waals surface area contributed by atoms with Crippen LogP contribution in [0.3, 0.4) is 0 Å². The Morgan fingerprint density at radius 2 is 1.60 bits per heavy atom. The molecule has 3 N–H and O–H groups in total. The largest absolute Gasteiger partial charge is 0.456 e. The van der Waals surface area contributed by atoms with Crippen LogP contribution in [0.2, 0.25) is 0 Å². The molecule has 3 aliphatic heterocycles. The van der Waals surface area contributed by atoms with Gasteiger partial charge in [0.15, 0.2) is 0 Å². The first-order valence-corrected chi connectivity index (χ1v) is 20.9. The Kier molecular flexibility index (Phi) is 17.2. The molecule has 4 aliphatic rings. The third-order valence-electron chi connectivity index (χ3n) is 12.9. The van der Waals surface area contributed by atoms with Gasteiger partial charge in [0.1, 0.15) is 24.0 Å². The number of carbonyl (C=O) groups excluding carboxylic acids is 4. The second kappa shape index (κ2) is 21.0. The fourth-order valence-corrected chi connectivity index (χ4v) is 9.42. The van der Waals surface area contributed by atoms with Crippen molar-refractivity contribution in [1.82, 2.24) is 4.90 Å². The van der Waals surface area contributed by atoms with Crippen LogP contribution in [-0.4, -0.2) is 126 Å². The van der Waals surface area contributed by atoms with Gasteiger partial charge in [0, 0.05) is 52.0 Å². The van der Waals surface area contributed by atoms with E-state index < -0.39 is 83.9 Å². The zero-order valence-electron chi connectivity index (χ0n) is 35.4. The monoisotopic (exact) mass is 803 g/mol. The van der Waals surface area contributed by atoms with Gasteiger partial charge in [0.05, 0.1) is 30.5 Å². The molecule has 322 valence electrons. The number of fused-ring (bicyclic) bond motifs is 3. The summed E-state index contributed by atoms with van der Waals surface area (Å²) in [5.41, 5.74) is 1.61. The zero-order valence-corrected chi connectivity index (χ0v) is 35.4. The summed E-state index contributed by atoms with van der Waals surface area (Å²) in [5.74, 6) is -7.76. The predicted molar refractivity (Wildman–Crippen MR) is 213 cm³/mol. The van der Waals surface area contributed by atoms with Crippen molar-refractivity contribution in [2.24, 2.45) is 29.6 Å². The second-order valence-electron chi connectivity index (χ2n) is 17.3. The number of ketones is 2. The van der Waals surface area contributed by atoms with Gasteiger partial charge in [-0.15, -0.1) is 6.58 Å². The van der Waals surface area contributed by atoms with Gasteiger partial charge in [-0.05, 0) is 95.5 Å². The normalized spacial score (nSPS) is 41.0. The highest BCUT2D eigenvalue weighted by atomic mass is 16.7. The summed E-state index contributed by atoms with van der Waals surface area (Å²) in [6.07, 6.45) is 4.93. The number of allylic oxidation sites excluding steroid dienone is 4. The van der Waals surface area contributed by atoms with E-state index >= 15 is 0 Å². The number of hydrogen-bond donors (Lipinski definition) is 3. The molecular weight excluding hydrogens is 734 g/mol. The number of aliphatic hydroxyl groups is 3. The molecule has 14 atom stereocenters. The van der Waals surface area contributed by atoms with Gasteiger partial charge >= 0.3 is 5.97 Å². The molecule has 0 aromatic rings. The van der Waals surface area contributed by atoms with E-state index in [4.69, 9.17) is 23.7 Å². The van der Waals surface area contributed by atoms with Crippen molar-refractivity contribution >= 4 is 23.4 Å². The van der Waals surface area contributed by atoms with Gasteiger partial charge in [-0.1, -0.05) is 44.6 Å². The minimum Gasteiger partial charge on any atom is -0.456 e. The Balaban J connectivity index is 1.78. The van der Waals surface area contributed by atoms with Crippen LogP contribution in [0.25, 0.3) is 0 Å². The maximum absolute atomic E-state index is 14.3. The number of methoxy groups -OCH3 is 3. The van der Waals surface area contributed by atoms with Crippen LogP contribution in [0.15, 0.2) is 36.0 Å². The van der Waals surface area contributed by atoms with Crippen molar-refractivity contribution in [3.05, 3.63) is 36.0 Å². The van der Waals surface area contributed by atoms with Crippen molar-refractivity contribution in [2.45, 2.75) is 160 Å². The third-order valence-corrected chi connectivity index (χ3v) is 12.9. The van der Waals surface area contributed by atoms with E-state index in [1.54, 1.807) is 27.0 Å². The van der Waals surface area contributed by atoms with E-state index in [1.807, 2.05) is 32.9 Å². The Labute approximate surface area is 339 Å². The first kappa shape index (κ1) is 46.9. The van der Waals surface area contributed by atoms with E-state index in [1.165, 1.54) is 19.1 Å². The number of nitrogens with zero attached hydrogens (tertiary/aromatic N) is 1. The summed E-state index contributed by atoms with van der Waals surface area (Å²) in [6, 6.07) is -1.14. The molecule has 0 unspecified atom stereocenters. The van der Waals surface area contributed by atoms with Gasteiger partial charge in [-0.25, -0.2) is 4.79 Å². The minimum absolute atomic E-state index is 0.00988. The smallest absolute Gasteiger partial charge is 0.329 e. The fourth-order valence-electron chi connectivity index (χ4n) is 9.42. The summed E-state index contributed by atoms with van der Waals surface area (Å²) in [4.78, 5) is 57.8.